The molecule has 1 fully saturated rings. The van der Waals surface area contributed by atoms with Gasteiger partial charge in [0.2, 0.25) is 0 Å². The third-order valence-corrected chi connectivity index (χ3v) is 5.81. The van der Waals surface area contributed by atoms with Crippen molar-refractivity contribution in [3.63, 3.8) is 0 Å². The molecule has 0 saturated carbocycles. The first-order valence-electron chi connectivity index (χ1n) is 10.3. The molecule has 0 bridgehead atoms. The van der Waals surface area contributed by atoms with Gasteiger partial charge >= 0.3 is 0 Å². The predicted octanol–water partition coefficient (Wildman–Crippen LogP) is 4.09. The number of hydrogen-bond acceptors (Lipinski definition) is 4. The molecular formula is C23H30N4O. The zero-order valence-corrected chi connectivity index (χ0v) is 16.9. The summed E-state index contributed by atoms with van der Waals surface area (Å²) in [4.78, 5) is 7.42. The van der Waals surface area contributed by atoms with Gasteiger partial charge in [-0.2, -0.15) is 0 Å². The van der Waals surface area contributed by atoms with Crippen molar-refractivity contribution in [2.75, 3.05) is 25.9 Å². The van der Waals surface area contributed by atoms with Crippen LogP contribution in [0.1, 0.15) is 37.6 Å². The van der Waals surface area contributed by atoms with Crippen LogP contribution < -0.4 is 10.5 Å². The molecule has 1 aliphatic heterocycles. The van der Waals surface area contributed by atoms with Gasteiger partial charge in [0.05, 0.1) is 17.6 Å². The maximum Gasteiger partial charge on any atom is 0.119 e. The third kappa shape index (κ3) is 3.99. The van der Waals surface area contributed by atoms with E-state index < -0.39 is 0 Å². The van der Waals surface area contributed by atoms with Crippen LogP contribution in [0, 0.1) is 0 Å². The number of benzene rings is 2. The highest BCUT2D eigenvalue weighted by molar-refractivity contribution is 5.79. The monoisotopic (exact) mass is 378 g/mol. The zero-order valence-electron chi connectivity index (χ0n) is 16.9. The fourth-order valence-corrected chi connectivity index (χ4v) is 4.26. The van der Waals surface area contributed by atoms with Crippen LogP contribution in [0.2, 0.25) is 0 Å². The van der Waals surface area contributed by atoms with Crippen molar-refractivity contribution in [1.82, 2.24) is 14.5 Å². The summed E-state index contributed by atoms with van der Waals surface area (Å²) in [5.41, 5.74) is 10.2. The summed E-state index contributed by atoms with van der Waals surface area (Å²) < 4.78 is 7.95. The van der Waals surface area contributed by atoms with Crippen LogP contribution in [0.5, 0.6) is 5.75 Å². The largest absolute Gasteiger partial charge is 0.494 e. The summed E-state index contributed by atoms with van der Waals surface area (Å²) in [6.45, 7) is 4.89. The number of rotatable bonds is 7. The summed E-state index contributed by atoms with van der Waals surface area (Å²) in [6, 6.07) is 15.1. The molecule has 148 valence electrons. The molecule has 2 N–H and O–H groups in total. The molecule has 5 nitrogen and oxygen atoms in total. The molecule has 1 atom stereocenters. The maximum atomic E-state index is 6.00. The molecule has 1 saturated heterocycles. The van der Waals surface area contributed by atoms with Crippen molar-refractivity contribution in [3.05, 3.63) is 53.9 Å². The van der Waals surface area contributed by atoms with Gasteiger partial charge in [0.25, 0.3) is 0 Å². The Balaban J connectivity index is 1.60. The van der Waals surface area contributed by atoms with Gasteiger partial charge in [-0.1, -0.05) is 12.1 Å². The highest BCUT2D eigenvalue weighted by Gasteiger charge is 2.21. The van der Waals surface area contributed by atoms with Crippen LogP contribution >= 0.6 is 0 Å². The van der Waals surface area contributed by atoms with Crippen molar-refractivity contribution in [2.24, 2.45) is 0 Å². The van der Waals surface area contributed by atoms with Gasteiger partial charge < -0.3 is 19.9 Å². The lowest BCUT2D eigenvalue weighted by Crippen LogP contribution is -2.26. The van der Waals surface area contributed by atoms with E-state index in [2.05, 4.69) is 34.7 Å². The maximum absolute atomic E-state index is 6.00. The van der Waals surface area contributed by atoms with E-state index in [-0.39, 0.29) is 0 Å². The molecule has 1 aromatic heterocycles. The number of anilines is 1. The van der Waals surface area contributed by atoms with Crippen LogP contribution in [-0.4, -0.2) is 40.7 Å². The van der Waals surface area contributed by atoms with E-state index in [1.165, 1.54) is 30.5 Å². The number of aromatic nitrogens is 2. The van der Waals surface area contributed by atoms with Crippen molar-refractivity contribution >= 4 is 16.7 Å². The molecule has 0 radical (unpaired) electrons. The van der Waals surface area contributed by atoms with Crippen molar-refractivity contribution in [3.8, 4) is 5.75 Å². The van der Waals surface area contributed by atoms with E-state index in [0.29, 0.717) is 12.6 Å². The fraction of sp³-hybridized carbons (Fsp3) is 0.435. The van der Waals surface area contributed by atoms with Gasteiger partial charge in [0.15, 0.2) is 0 Å². The highest BCUT2D eigenvalue weighted by Crippen LogP contribution is 2.25. The quantitative estimate of drug-likeness (QED) is 0.629. The van der Waals surface area contributed by atoms with Gasteiger partial charge in [0.1, 0.15) is 11.6 Å². The lowest BCUT2D eigenvalue weighted by molar-refractivity contribution is 0.286. The number of nitrogens with two attached hydrogens (primary N) is 1. The Morgan fingerprint density at radius 2 is 2.00 bits per heavy atom. The Morgan fingerprint density at radius 3 is 2.71 bits per heavy atom. The first kappa shape index (κ1) is 18.8. The standard InChI is InChI=1S/C23H30N4O/c1-3-28-20-9-6-17(7-10-20)15-23-25-21-16-18(24)8-11-22(21)27(23)14-12-19-5-4-13-26(19)2/h6-11,16,19H,3-5,12-15,24H2,1-2H3. The van der Waals surface area contributed by atoms with Crippen molar-refractivity contribution in [2.45, 2.75) is 45.2 Å². The van der Waals surface area contributed by atoms with E-state index in [9.17, 15) is 0 Å². The van der Waals surface area contributed by atoms with Crippen LogP contribution in [-0.2, 0) is 13.0 Å². The first-order valence-corrected chi connectivity index (χ1v) is 10.3. The minimum Gasteiger partial charge on any atom is -0.494 e. The molecule has 1 aliphatic rings. The van der Waals surface area contributed by atoms with E-state index in [1.54, 1.807) is 0 Å². The summed E-state index contributed by atoms with van der Waals surface area (Å²) in [5.74, 6) is 2.02. The topological polar surface area (TPSA) is 56.3 Å². The van der Waals surface area contributed by atoms with Gasteiger partial charge in [0, 0.05) is 24.7 Å². The molecular weight excluding hydrogens is 348 g/mol. The minimum absolute atomic E-state index is 0.671. The summed E-state index contributed by atoms with van der Waals surface area (Å²) >= 11 is 0. The van der Waals surface area contributed by atoms with Gasteiger partial charge in [-0.3, -0.25) is 0 Å². The van der Waals surface area contributed by atoms with E-state index in [4.69, 9.17) is 15.5 Å². The summed E-state index contributed by atoms with van der Waals surface area (Å²) in [5, 5.41) is 0. The Kier molecular flexibility index (Phi) is 5.53. The molecule has 28 heavy (non-hydrogen) atoms. The normalized spacial score (nSPS) is 17.4. The van der Waals surface area contributed by atoms with Crippen LogP contribution in [0.3, 0.4) is 0 Å². The number of imidazole rings is 1. The Labute approximate surface area is 167 Å². The first-order chi connectivity index (χ1) is 13.6. The zero-order chi connectivity index (χ0) is 19.5. The van der Waals surface area contributed by atoms with Gasteiger partial charge in [-0.15, -0.1) is 0 Å². The molecule has 2 aromatic carbocycles. The van der Waals surface area contributed by atoms with Gasteiger partial charge in [-0.05, 0) is 75.7 Å². The average Bonchev–Trinajstić information content (AvgIpc) is 3.24. The molecule has 5 heteroatoms. The fourth-order valence-electron chi connectivity index (χ4n) is 4.26. The second kappa shape index (κ2) is 8.23. The van der Waals surface area contributed by atoms with Crippen molar-refractivity contribution < 1.29 is 4.74 Å². The second-order valence-electron chi connectivity index (χ2n) is 7.75. The average molecular weight is 379 g/mol. The molecule has 0 amide bonds. The molecule has 0 aliphatic carbocycles. The van der Waals surface area contributed by atoms with Crippen molar-refractivity contribution in [1.29, 1.82) is 0 Å². The lowest BCUT2D eigenvalue weighted by Gasteiger charge is -2.20. The van der Waals surface area contributed by atoms with E-state index >= 15 is 0 Å². The number of hydrogen-bond donors (Lipinski definition) is 1. The van der Waals surface area contributed by atoms with E-state index in [0.717, 1.165) is 42.2 Å². The highest BCUT2D eigenvalue weighted by atomic mass is 16.5. The molecule has 1 unspecified atom stereocenters. The van der Waals surface area contributed by atoms with E-state index in [1.807, 2.05) is 31.2 Å². The molecule has 4 rings (SSSR count). The summed E-state index contributed by atoms with van der Waals surface area (Å²) in [7, 11) is 2.24. The number of fused-ring (bicyclic) bond motifs is 1. The Bertz CT molecular complexity index is 932. The molecule has 0 spiro atoms. The predicted molar refractivity (Wildman–Crippen MR) is 115 cm³/mol. The number of nitrogen functional groups attached to an aromatic ring is 1. The second-order valence-corrected chi connectivity index (χ2v) is 7.75. The Hall–Kier alpha value is -2.53. The number of nitrogens with zero attached hydrogens (tertiary/aromatic N) is 3. The smallest absolute Gasteiger partial charge is 0.119 e. The van der Waals surface area contributed by atoms with Gasteiger partial charge in [-0.25, -0.2) is 4.98 Å². The molecule has 2 heterocycles. The minimum atomic E-state index is 0.671. The number of aryl methyl sites for hydroxylation is 1. The van der Waals surface area contributed by atoms with Crippen LogP contribution in [0.25, 0.3) is 11.0 Å². The number of likely N-dealkylation sites (tertiary alicyclic amines) is 1. The molecule has 3 aromatic rings. The Morgan fingerprint density at radius 1 is 1.18 bits per heavy atom. The lowest BCUT2D eigenvalue weighted by atomic mass is 10.1. The summed E-state index contributed by atoms with van der Waals surface area (Å²) in [6.07, 6.45) is 4.57. The van der Waals surface area contributed by atoms with Crippen LogP contribution in [0.4, 0.5) is 5.69 Å². The number of ether oxygens (including phenoxy) is 1. The SMILES string of the molecule is CCOc1ccc(Cc2nc3cc(N)ccc3n2CCC2CCCN2C)cc1. The van der Waals surface area contributed by atoms with Crippen LogP contribution in [0.15, 0.2) is 42.5 Å². The third-order valence-electron chi connectivity index (χ3n) is 5.81.